The Morgan fingerprint density at radius 2 is 2.14 bits per heavy atom. The molecule has 80 valence electrons. The van der Waals surface area contributed by atoms with E-state index < -0.39 is 21.3 Å². The second-order valence-electron chi connectivity index (χ2n) is 3.76. The quantitative estimate of drug-likeness (QED) is 0.568. The highest BCUT2D eigenvalue weighted by atomic mass is 32.2. The molecule has 0 amide bonds. The van der Waals surface area contributed by atoms with Gasteiger partial charge in [0, 0.05) is 6.42 Å². The lowest BCUT2D eigenvalue weighted by molar-refractivity contribution is -0.131. The molecule has 0 heterocycles. The van der Waals surface area contributed by atoms with Gasteiger partial charge in [-0.15, -0.1) is 0 Å². The standard InChI is InChI=1S/C9H14O4S/c1-3-4-9(6-14(11,12)13)7(2)5-8(9)10/h2-6H2,1H3,(H,11,12,13). The Bertz CT molecular complexity index is 352. The third-order valence-corrected chi connectivity index (χ3v) is 3.55. The Kier molecular flexibility index (Phi) is 2.83. The zero-order valence-electron chi connectivity index (χ0n) is 8.12. The van der Waals surface area contributed by atoms with Crippen molar-refractivity contribution >= 4 is 15.9 Å². The monoisotopic (exact) mass is 218 g/mol. The number of hydrogen-bond acceptors (Lipinski definition) is 3. The first-order valence-electron chi connectivity index (χ1n) is 4.48. The van der Waals surface area contributed by atoms with Gasteiger partial charge in [-0.1, -0.05) is 25.5 Å². The minimum atomic E-state index is -4.11. The van der Waals surface area contributed by atoms with Gasteiger partial charge in [0.25, 0.3) is 10.1 Å². The lowest BCUT2D eigenvalue weighted by atomic mass is 9.63. The van der Waals surface area contributed by atoms with Crippen molar-refractivity contribution < 1.29 is 17.8 Å². The van der Waals surface area contributed by atoms with Gasteiger partial charge in [-0.2, -0.15) is 8.42 Å². The van der Waals surface area contributed by atoms with E-state index in [1.807, 2.05) is 6.92 Å². The van der Waals surface area contributed by atoms with Gasteiger partial charge in [-0.25, -0.2) is 0 Å². The van der Waals surface area contributed by atoms with Crippen molar-refractivity contribution in [2.75, 3.05) is 5.75 Å². The highest BCUT2D eigenvalue weighted by molar-refractivity contribution is 7.85. The summed E-state index contributed by atoms with van der Waals surface area (Å²) in [6.45, 7) is 5.54. The largest absolute Gasteiger partial charge is 0.298 e. The fraction of sp³-hybridized carbons (Fsp3) is 0.667. The highest BCUT2D eigenvalue weighted by Gasteiger charge is 2.50. The van der Waals surface area contributed by atoms with E-state index in [9.17, 15) is 13.2 Å². The van der Waals surface area contributed by atoms with E-state index in [0.717, 1.165) is 0 Å². The molecule has 1 fully saturated rings. The van der Waals surface area contributed by atoms with Crippen LogP contribution in [0.25, 0.3) is 0 Å². The van der Waals surface area contributed by atoms with Crippen LogP contribution < -0.4 is 0 Å². The van der Waals surface area contributed by atoms with Gasteiger partial charge in [0.1, 0.15) is 5.78 Å². The number of hydrogen-bond donors (Lipinski definition) is 1. The molecule has 1 N–H and O–H groups in total. The van der Waals surface area contributed by atoms with Crippen LogP contribution in [0.4, 0.5) is 0 Å². The van der Waals surface area contributed by atoms with Crippen LogP contribution in [-0.2, 0) is 14.9 Å². The zero-order valence-corrected chi connectivity index (χ0v) is 8.93. The molecule has 0 aromatic rings. The highest BCUT2D eigenvalue weighted by Crippen LogP contribution is 2.46. The number of ketones is 1. The topological polar surface area (TPSA) is 71.4 Å². The van der Waals surface area contributed by atoms with Gasteiger partial charge in [0.05, 0.1) is 11.2 Å². The fourth-order valence-corrected chi connectivity index (χ4v) is 3.06. The van der Waals surface area contributed by atoms with Crippen molar-refractivity contribution in [2.24, 2.45) is 5.41 Å². The molecule has 1 aliphatic rings. The van der Waals surface area contributed by atoms with Crippen LogP contribution in [0.1, 0.15) is 26.2 Å². The molecule has 1 saturated carbocycles. The maximum absolute atomic E-state index is 11.4. The molecule has 0 bridgehead atoms. The molecule has 0 spiro atoms. The molecule has 0 aliphatic heterocycles. The van der Waals surface area contributed by atoms with E-state index in [1.165, 1.54) is 0 Å². The summed E-state index contributed by atoms with van der Waals surface area (Å²) < 4.78 is 30.3. The lowest BCUT2D eigenvalue weighted by Crippen LogP contribution is -2.48. The van der Waals surface area contributed by atoms with Crippen LogP contribution >= 0.6 is 0 Å². The van der Waals surface area contributed by atoms with E-state index in [1.54, 1.807) is 0 Å². The first-order valence-corrected chi connectivity index (χ1v) is 6.09. The normalized spacial score (nSPS) is 27.6. The zero-order chi connectivity index (χ0) is 11.0. The minimum absolute atomic E-state index is 0.123. The van der Waals surface area contributed by atoms with Crippen molar-refractivity contribution in [3.8, 4) is 0 Å². The van der Waals surface area contributed by atoms with Gasteiger partial charge in [-0.3, -0.25) is 9.35 Å². The first-order chi connectivity index (χ1) is 6.32. The number of allylic oxidation sites excluding steroid dienone is 1. The van der Waals surface area contributed by atoms with Crippen molar-refractivity contribution in [3.05, 3.63) is 12.2 Å². The lowest BCUT2D eigenvalue weighted by Gasteiger charge is -2.41. The molecule has 4 nitrogen and oxygen atoms in total. The Morgan fingerprint density at radius 1 is 1.57 bits per heavy atom. The van der Waals surface area contributed by atoms with Crippen LogP contribution in [0.3, 0.4) is 0 Å². The van der Waals surface area contributed by atoms with Crippen molar-refractivity contribution in [3.63, 3.8) is 0 Å². The summed E-state index contributed by atoms with van der Waals surface area (Å²) in [6, 6.07) is 0. The third kappa shape index (κ3) is 1.88. The fourth-order valence-electron chi connectivity index (χ4n) is 1.93. The van der Waals surface area contributed by atoms with Crippen LogP contribution in [0.15, 0.2) is 12.2 Å². The first kappa shape index (κ1) is 11.4. The van der Waals surface area contributed by atoms with E-state index in [4.69, 9.17) is 4.55 Å². The number of carbonyl (C=O) groups excluding carboxylic acids is 1. The molecule has 0 saturated heterocycles. The van der Waals surface area contributed by atoms with Gasteiger partial charge >= 0.3 is 0 Å². The summed E-state index contributed by atoms with van der Waals surface area (Å²) in [7, 11) is -4.11. The third-order valence-electron chi connectivity index (χ3n) is 2.69. The molecule has 1 rings (SSSR count). The van der Waals surface area contributed by atoms with Crippen LogP contribution in [0.5, 0.6) is 0 Å². The Balaban J connectivity index is 2.94. The van der Waals surface area contributed by atoms with Gasteiger partial charge in [0.15, 0.2) is 0 Å². The summed E-state index contributed by atoms with van der Waals surface area (Å²) in [5.74, 6) is -0.632. The summed E-state index contributed by atoms with van der Waals surface area (Å²) in [4.78, 5) is 11.4. The van der Waals surface area contributed by atoms with Crippen molar-refractivity contribution in [1.29, 1.82) is 0 Å². The molecule has 5 heteroatoms. The van der Waals surface area contributed by atoms with Gasteiger partial charge in [0.2, 0.25) is 0 Å². The molecule has 1 atom stereocenters. The maximum Gasteiger partial charge on any atom is 0.266 e. The number of rotatable bonds is 4. The molecule has 0 radical (unpaired) electrons. The Labute approximate surface area is 83.8 Å². The molecule has 1 unspecified atom stereocenters. The molecular weight excluding hydrogens is 204 g/mol. The van der Waals surface area contributed by atoms with Crippen molar-refractivity contribution in [1.82, 2.24) is 0 Å². The van der Waals surface area contributed by atoms with Crippen LogP contribution in [0.2, 0.25) is 0 Å². The van der Waals surface area contributed by atoms with Crippen molar-refractivity contribution in [2.45, 2.75) is 26.2 Å². The Hall–Kier alpha value is -0.680. The smallest absolute Gasteiger partial charge is 0.266 e. The summed E-state index contributed by atoms with van der Waals surface area (Å²) in [6.07, 6.45) is 1.39. The van der Waals surface area contributed by atoms with Gasteiger partial charge in [-0.05, 0) is 6.42 Å². The molecule has 1 aliphatic carbocycles. The molecular formula is C9H14O4S. The van der Waals surface area contributed by atoms with Gasteiger partial charge < -0.3 is 0 Å². The van der Waals surface area contributed by atoms with Crippen LogP contribution in [0, 0.1) is 5.41 Å². The van der Waals surface area contributed by atoms with Crippen LogP contribution in [-0.4, -0.2) is 24.5 Å². The predicted molar refractivity (Wildman–Crippen MR) is 52.5 cm³/mol. The summed E-state index contributed by atoms with van der Waals surface area (Å²) in [5, 5.41) is 0. The average molecular weight is 218 g/mol. The molecule has 14 heavy (non-hydrogen) atoms. The Morgan fingerprint density at radius 3 is 2.43 bits per heavy atom. The second kappa shape index (κ2) is 3.47. The van der Waals surface area contributed by atoms with E-state index in [-0.39, 0.29) is 12.2 Å². The SMILES string of the molecule is C=C1CC(=O)C1(CCC)CS(=O)(=O)O. The number of Topliss-reactive ketones (excluding diaryl/α,β-unsaturated/α-hetero) is 1. The van der Waals surface area contributed by atoms with E-state index in [0.29, 0.717) is 18.4 Å². The predicted octanol–water partition coefficient (Wildman–Crippen LogP) is 1.19. The molecule has 0 aromatic heterocycles. The maximum atomic E-state index is 11.4. The molecule has 0 aromatic carbocycles. The number of carbonyl (C=O) groups is 1. The average Bonchev–Trinajstić information content (AvgIpc) is 2.02. The minimum Gasteiger partial charge on any atom is -0.298 e. The summed E-state index contributed by atoms with van der Waals surface area (Å²) >= 11 is 0. The van der Waals surface area contributed by atoms with E-state index >= 15 is 0 Å². The summed E-state index contributed by atoms with van der Waals surface area (Å²) in [5.41, 5.74) is -0.371. The second-order valence-corrected chi connectivity index (χ2v) is 5.21. The van der Waals surface area contributed by atoms with E-state index in [2.05, 4.69) is 6.58 Å².